The number of hydrogen-bond donors (Lipinski definition) is 1. The molecule has 0 spiro atoms. The topological polar surface area (TPSA) is 59.7 Å². The van der Waals surface area contributed by atoms with Gasteiger partial charge in [-0.05, 0) is 51.8 Å². The number of methoxy groups -OCH3 is 1. The van der Waals surface area contributed by atoms with Gasteiger partial charge < -0.3 is 14.3 Å². The minimum atomic E-state index is 0.00886. The van der Waals surface area contributed by atoms with Gasteiger partial charge in [0.15, 0.2) is 17.3 Å². The third kappa shape index (κ3) is 4.23. The average Bonchev–Trinajstić information content (AvgIpc) is 2.99. The fraction of sp³-hybridized carbons (Fsp3) is 0.188. The first-order valence-electron chi connectivity index (χ1n) is 6.40. The lowest BCUT2D eigenvalue weighted by Crippen LogP contribution is -1.95. The molecule has 0 radical (unpaired) electrons. The molecule has 21 heavy (non-hydrogen) atoms. The second kappa shape index (κ2) is 7.13. The molecule has 2 rings (SSSR count). The van der Waals surface area contributed by atoms with Crippen molar-refractivity contribution in [3.63, 3.8) is 0 Å². The molecule has 0 unspecified atom stereocenters. The van der Waals surface area contributed by atoms with Gasteiger partial charge in [0.05, 0.1) is 17.8 Å². The molecule has 0 saturated heterocycles. The summed E-state index contributed by atoms with van der Waals surface area (Å²) in [5.74, 6) is 1.20. The van der Waals surface area contributed by atoms with Crippen LogP contribution in [-0.4, -0.2) is 18.0 Å². The zero-order valence-electron chi connectivity index (χ0n) is 11.5. The molecule has 0 amide bonds. The monoisotopic (exact) mass is 350 g/mol. The molecule has 1 heterocycles. The third-order valence-corrected chi connectivity index (χ3v) is 3.53. The normalized spacial score (nSPS) is 11.0. The summed E-state index contributed by atoms with van der Waals surface area (Å²) in [5.41, 5.74) is 0.767. The van der Waals surface area contributed by atoms with Crippen molar-refractivity contribution >= 4 is 27.8 Å². The Morgan fingerprint density at radius 3 is 2.95 bits per heavy atom. The van der Waals surface area contributed by atoms with Gasteiger partial charge >= 0.3 is 0 Å². The second-order valence-electron chi connectivity index (χ2n) is 4.43. The quantitative estimate of drug-likeness (QED) is 0.800. The van der Waals surface area contributed by atoms with Gasteiger partial charge in [-0.3, -0.25) is 4.79 Å². The van der Waals surface area contributed by atoms with Crippen molar-refractivity contribution < 1.29 is 19.1 Å². The standard InChI is InChI=1S/C16H15BrO4/c1-20-15-10-11(9-14(17)16(15)19)4-5-12(18)6-7-13-3-2-8-21-13/h2-5,8-10,19H,6-7H2,1H3/b5-4-. The summed E-state index contributed by atoms with van der Waals surface area (Å²) in [7, 11) is 1.48. The van der Waals surface area contributed by atoms with E-state index >= 15 is 0 Å². The molecule has 0 fully saturated rings. The van der Waals surface area contributed by atoms with Crippen LogP contribution in [-0.2, 0) is 11.2 Å². The summed E-state index contributed by atoms with van der Waals surface area (Å²) >= 11 is 3.24. The highest BCUT2D eigenvalue weighted by Gasteiger charge is 2.07. The summed E-state index contributed by atoms with van der Waals surface area (Å²) in [5, 5.41) is 9.72. The van der Waals surface area contributed by atoms with Crippen molar-refractivity contribution in [1.82, 2.24) is 0 Å². The van der Waals surface area contributed by atoms with E-state index in [0.29, 0.717) is 23.1 Å². The van der Waals surface area contributed by atoms with Crippen LogP contribution in [0.5, 0.6) is 11.5 Å². The molecular formula is C16H15BrO4. The molecule has 0 aliphatic heterocycles. The molecule has 1 aromatic heterocycles. The van der Waals surface area contributed by atoms with Gasteiger partial charge in [-0.2, -0.15) is 0 Å². The predicted octanol–water partition coefficient (Wildman–Crippen LogP) is 3.97. The van der Waals surface area contributed by atoms with Crippen LogP contribution in [0, 0.1) is 0 Å². The highest BCUT2D eigenvalue weighted by molar-refractivity contribution is 9.10. The van der Waals surface area contributed by atoms with Crippen LogP contribution in [0.25, 0.3) is 6.08 Å². The van der Waals surface area contributed by atoms with E-state index in [1.807, 2.05) is 6.07 Å². The lowest BCUT2D eigenvalue weighted by atomic mass is 10.1. The molecule has 0 atom stereocenters. The predicted molar refractivity (Wildman–Crippen MR) is 83.4 cm³/mol. The second-order valence-corrected chi connectivity index (χ2v) is 5.29. The molecule has 110 valence electrons. The average molecular weight is 351 g/mol. The van der Waals surface area contributed by atoms with Gasteiger partial charge in [0, 0.05) is 12.8 Å². The van der Waals surface area contributed by atoms with Crippen molar-refractivity contribution in [2.45, 2.75) is 12.8 Å². The maximum absolute atomic E-state index is 11.8. The first-order chi connectivity index (χ1) is 10.1. The first-order valence-corrected chi connectivity index (χ1v) is 7.19. The molecule has 4 nitrogen and oxygen atoms in total. The van der Waals surface area contributed by atoms with Crippen LogP contribution in [0.4, 0.5) is 0 Å². The lowest BCUT2D eigenvalue weighted by molar-refractivity contribution is -0.114. The van der Waals surface area contributed by atoms with Crippen molar-refractivity contribution in [3.8, 4) is 11.5 Å². The Kier molecular flexibility index (Phi) is 5.22. The van der Waals surface area contributed by atoms with E-state index in [-0.39, 0.29) is 11.5 Å². The molecule has 0 aliphatic carbocycles. The van der Waals surface area contributed by atoms with Gasteiger partial charge in [0.25, 0.3) is 0 Å². The number of benzene rings is 1. The van der Waals surface area contributed by atoms with Gasteiger partial charge in [-0.1, -0.05) is 6.08 Å². The van der Waals surface area contributed by atoms with E-state index in [1.165, 1.54) is 13.2 Å². The van der Waals surface area contributed by atoms with Crippen molar-refractivity contribution in [2.24, 2.45) is 0 Å². The van der Waals surface area contributed by atoms with E-state index in [2.05, 4.69) is 15.9 Å². The van der Waals surface area contributed by atoms with E-state index in [4.69, 9.17) is 9.15 Å². The fourth-order valence-electron chi connectivity index (χ4n) is 1.82. The maximum atomic E-state index is 11.8. The molecule has 0 saturated carbocycles. The Labute approximate surface area is 131 Å². The molecule has 5 heteroatoms. The van der Waals surface area contributed by atoms with Crippen molar-refractivity contribution in [3.05, 3.63) is 52.4 Å². The number of phenols is 1. The third-order valence-electron chi connectivity index (χ3n) is 2.93. The largest absolute Gasteiger partial charge is 0.503 e. The van der Waals surface area contributed by atoms with Crippen molar-refractivity contribution in [1.29, 1.82) is 0 Å². The summed E-state index contributed by atoms with van der Waals surface area (Å²) in [4.78, 5) is 11.8. The molecule has 0 aliphatic rings. The number of carbonyl (C=O) groups excluding carboxylic acids is 1. The zero-order chi connectivity index (χ0) is 15.2. The number of allylic oxidation sites excluding steroid dienone is 1. The van der Waals surface area contributed by atoms with E-state index in [9.17, 15) is 9.90 Å². The smallest absolute Gasteiger partial charge is 0.172 e. The van der Waals surface area contributed by atoms with E-state index < -0.39 is 0 Å². The molecule has 2 aromatic rings. The van der Waals surface area contributed by atoms with Crippen molar-refractivity contribution in [2.75, 3.05) is 7.11 Å². The fourth-order valence-corrected chi connectivity index (χ4v) is 2.28. The van der Waals surface area contributed by atoms with Crippen LogP contribution in [0.1, 0.15) is 17.7 Å². The van der Waals surface area contributed by atoms with Gasteiger partial charge in [-0.15, -0.1) is 0 Å². The van der Waals surface area contributed by atoms with Gasteiger partial charge in [-0.25, -0.2) is 0 Å². The molecule has 1 N–H and O–H groups in total. The first kappa shape index (κ1) is 15.4. The highest BCUT2D eigenvalue weighted by atomic mass is 79.9. The Hall–Kier alpha value is -2.01. The minimum absolute atomic E-state index is 0.00886. The minimum Gasteiger partial charge on any atom is -0.503 e. The Morgan fingerprint density at radius 1 is 1.48 bits per heavy atom. The van der Waals surface area contributed by atoms with Crippen LogP contribution in [0.3, 0.4) is 0 Å². The number of aryl methyl sites for hydroxylation is 1. The summed E-state index contributed by atoms with van der Waals surface area (Å²) < 4.78 is 10.8. The number of ketones is 1. The van der Waals surface area contributed by atoms with Gasteiger partial charge in [0.2, 0.25) is 0 Å². The number of phenolic OH excluding ortho intramolecular Hbond substituents is 1. The van der Waals surface area contributed by atoms with Gasteiger partial charge in [0.1, 0.15) is 5.76 Å². The SMILES string of the molecule is COc1cc(/C=C\C(=O)CCc2ccco2)cc(Br)c1O. The molecule has 0 bridgehead atoms. The number of hydrogen-bond acceptors (Lipinski definition) is 4. The number of rotatable bonds is 6. The molecular weight excluding hydrogens is 336 g/mol. The number of halogens is 1. The Morgan fingerprint density at radius 2 is 2.29 bits per heavy atom. The highest BCUT2D eigenvalue weighted by Crippen LogP contribution is 2.35. The zero-order valence-corrected chi connectivity index (χ0v) is 13.1. The van der Waals surface area contributed by atoms with Crippen LogP contribution >= 0.6 is 15.9 Å². The number of furan rings is 1. The Balaban J connectivity index is 2.00. The summed E-state index contributed by atoms with van der Waals surface area (Å²) in [6.45, 7) is 0. The number of carbonyl (C=O) groups is 1. The summed E-state index contributed by atoms with van der Waals surface area (Å²) in [6.07, 6.45) is 5.77. The van der Waals surface area contributed by atoms with Crippen LogP contribution in [0.15, 0.2) is 45.5 Å². The summed E-state index contributed by atoms with van der Waals surface area (Å²) in [6, 6.07) is 7.03. The number of ether oxygens (including phenoxy) is 1. The Bertz CT molecular complexity index is 645. The maximum Gasteiger partial charge on any atom is 0.172 e. The van der Waals surface area contributed by atoms with Crippen LogP contribution in [0.2, 0.25) is 0 Å². The number of aromatic hydroxyl groups is 1. The van der Waals surface area contributed by atoms with E-state index in [1.54, 1.807) is 30.5 Å². The van der Waals surface area contributed by atoms with E-state index in [0.717, 1.165) is 11.3 Å². The van der Waals surface area contributed by atoms with Crippen LogP contribution < -0.4 is 4.74 Å². The molecule has 1 aromatic carbocycles. The lowest BCUT2D eigenvalue weighted by Gasteiger charge is -2.06.